The zero-order valence-electron chi connectivity index (χ0n) is 17.3. The van der Waals surface area contributed by atoms with Gasteiger partial charge < -0.3 is 24.0 Å². The average Bonchev–Trinajstić information content (AvgIpc) is 3.26. The number of anilines is 2. The first-order valence-electron chi connectivity index (χ1n) is 9.80. The zero-order valence-corrected chi connectivity index (χ0v) is 17.3. The highest BCUT2D eigenvalue weighted by Gasteiger charge is 2.35. The molecule has 0 aliphatic carbocycles. The van der Waals surface area contributed by atoms with Gasteiger partial charge in [-0.05, 0) is 30.2 Å². The van der Waals surface area contributed by atoms with Gasteiger partial charge in [-0.2, -0.15) is 0 Å². The number of ether oxygens (including phenoxy) is 3. The van der Waals surface area contributed by atoms with E-state index in [1.165, 1.54) is 19.1 Å². The summed E-state index contributed by atoms with van der Waals surface area (Å²) < 4.78 is 15.3. The van der Waals surface area contributed by atoms with E-state index in [1.807, 2.05) is 24.3 Å². The van der Waals surface area contributed by atoms with Gasteiger partial charge in [0.15, 0.2) is 0 Å². The van der Waals surface area contributed by atoms with Gasteiger partial charge in [0.25, 0.3) is 5.91 Å². The summed E-state index contributed by atoms with van der Waals surface area (Å²) in [6, 6.07) is 14.7. The SMILES string of the molecule is COC(=O)C1=C(C(=O)OC)N(c2ccccc2C(=O)N2CCc3ccccc32)COC1. The molecule has 2 aliphatic heterocycles. The van der Waals surface area contributed by atoms with Crippen molar-refractivity contribution in [2.24, 2.45) is 0 Å². The van der Waals surface area contributed by atoms with Crippen molar-refractivity contribution in [2.75, 3.05) is 43.9 Å². The molecular weight excluding hydrogens is 400 g/mol. The van der Waals surface area contributed by atoms with E-state index in [2.05, 4.69) is 0 Å². The smallest absolute Gasteiger partial charge is 0.355 e. The van der Waals surface area contributed by atoms with Gasteiger partial charge >= 0.3 is 11.9 Å². The van der Waals surface area contributed by atoms with Crippen molar-refractivity contribution in [3.8, 4) is 0 Å². The molecule has 160 valence electrons. The highest BCUT2D eigenvalue weighted by atomic mass is 16.5. The first kappa shape index (κ1) is 20.6. The van der Waals surface area contributed by atoms with Crippen molar-refractivity contribution in [1.82, 2.24) is 0 Å². The molecule has 0 aromatic heterocycles. The fourth-order valence-corrected chi connectivity index (χ4v) is 3.92. The first-order chi connectivity index (χ1) is 15.1. The van der Waals surface area contributed by atoms with Crippen LogP contribution in [-0.2, 0) is 30.2 Å². The number of carbonyl (C=O) groups is 3. The van der Waals surface area contributed by atoms with Gasteiger partial charge in [0.05, 0.1) is 37.7 Å². The summed E-state index contributed by atoms with van der Waals surface area (Å²) in [5.74, 6) is -1.60. The Labute approximate surface area is 179 Å². The lowest BCUT2D eigenvalue weighted by atomic mass is 10.1. The monoisotopic (exact) mass is 422 g/mol. The van der Waals surface area contributed by atoms with Crippen molar-refractivity contribution < 1.29 is 28.6 Å². The lowest BCUT2D eigenvalue weighted by Gasteiger charge is -2.33. The molecule has 0 saturated carbocycles. The van der Waals surface area contributed by atoms with Crippen LogP contribution in [0.2, 0.25) is 0 Å². The number of fused-ring (bicyclic) bond motifs is 1. The predicted molar refractivity (Wildman–Crippen MR) is 113 cm³/mol. The van der Waals surface area contributed by atoms with Gasteiger partial charge in [-0.15, -0.1) is 0 Å². The summed E-state index contributed by atoms with van der Waals surface area (Å²) in [6.07, 6.45) is 0.775. The number of methoxy groups -OCH3 is 2. The molecule has 1 amide bonds. The minimum Gasteiger partial charge on any atom is -0.466 e. The predicted octanol–water partition coefficient (Wildman–Crippen LogP) is 2.28. The number of amides is 1. The van der Waals surface area contributed by atoms with Gasteiger partial charge in [0, 0.05) is 12.2 Å². The molecule has 31 heavy (non-hydrogen) atoms. The van der Waals surface area contributed by atoms with Crippen LogP contribution in [0.5, 0.6) is 0 Å². The highest BCUT2D eigenvalue weighted by Crippen LogP contribution is 2.34. The van der Waals surface area contributed by atoms with Crippen LogP contribution in [0.3, 0.4) is 0 Å². The van der Waals surface area contributed by atoms with E-state index in [-0.39, 0.29) is 30.5 Å². The molecule has 4 rings (SSSR count). The summed E-state index contributed by atoms with van der Waals surface area (Å²) in [5.41, 5.74) is 2.85. The summed E-state index contributed by atoms with van der Waals surface area (Å²) in [5, 5.41) is 0. The Morgan fingerprint density at radius 1 is 0.903 bits per heavy atom. The third-order valence-electron chi connectivity index (χ3n) is 5.39. The molecular formula is C23H22N2O6. The molecule has 2 aromatic rings. The Morgan fingerprint density at radius 3 is 2.32 bits per heavy atom. The van der Waals surface area contributed by atoms with Crippen molar-refractivity contribution in [1.29, 1.82) is 0 Å². The van der Waals surface area contributed by atoms with Crippen LogP contribution in [0.25, 0.3) is 0 Å². The number of nitrogens with zero attached hydrogens (tertiary/aromatic N) is 2. The third-order valence-corrected chi connectivity index (χ3v) is 5.39. The van der Waals surface area contributed by atoms with Crippen molar-refractivity contribution in [3.05, 3.63) is 70.9 Å². The second-order valence-electron chi connectivity index (χ2n) is 7.07. The normalized spacial score (nSPS) is 15.5. The molecule has 0 bridgehead atoms. The Bertz CT molecular complexity index is 1080. The van der Waals surface area contributed by atoms with Gasteiger partial charge in [-0.3, -0.25) is 4.79 Å². The number of hydrogen-bond donors (Lipinski definition) is 0. The fraction of sp³-hybridized carbons (Fsp3) is 0.261. The average molecular weight is 422 g/mol. The standard InChI is InChI=1S/C23H22N2O6/c1-29-22(27)17-13-31-14-25(20(17)23(28)30-2)19-10-6-4-8-16(19)21(26)24-12-11-15-7-3-5-9-18(15)24/h3-10H,11-14H2,1-2H3. The van der Waals surface area contributed by atoms with Crippen LogP contribution in [0.4, 0.5) is 11.4 Å². The van der Waals surface area contributed by atoms with Crippen LogP contribution in [0, 0.1) is 0 Å². The highest BCUT2D eigenvalue weighted by molar-refractivity contribution is 6.12. The molecule has 8 heteroatoms. The second-order valence-corrected chi connectivity index (χ2v) is 7.07. The molecule has 0 saturated heterocycles. The van der Waals surface area contributed by atoms with Crippen LogP contribution in [0.15, 0.2) is 59.8 Å². The second kappa shape index (κ2) is 8.61. The number of para-hydroxylation sites is 2. The molecule has 2 aromatic carbocycles. The van der Waals surface area contributed by atoms with Crippen molar-refractivity contribution >= 4 is 29.2 Å². The first-order valence-corrected chi connectivity index (χ1v) is 9.80. The van der Waals surface area contributed by atoms with Crippen LogP contribution >= 0.6 is 0 Å². The summed E-state index contributed by atoms with van der Waals surface area (Å²) in [7, 11) is 2.46. The van der Waals surface area contributed by atoms with Crippen LogP contribution < -0.4 is 9.80 Å². The summed E-state index contributed by atoms with van der Waals surface area (Å²) in [6.45, 7) is 0.450. The molecule has 0 N–H and O–H groups in total. The van der Waals surface area contributed by atoms with Gasteiger partial charge in [-0.1, -0.05) is 30.3 Å². The fourth-order valence-electron chi connectivity index (χ4n) is 3.92. The van der Waals surface area contributed by atoms with E-state index in [4.69, 9.17) is 14.2 Å². The minimum absolute atomic E-state index is 0.00247. The van der Waals surface area contributed by atoms with Crippen LogP contribution in [-0.4, -0.2) is 51.9 Å². The number of benzene rings is 2. The van der Waals surface area contributed by atoms with E-state index < -0.39 is 11.9 Å². The molecule has 8 nitrogen and oxygen atoms in total. The quantitative estimate of drug-likeness (QED) is 0.699. The van der Waals surface area contributed by atoms with Gasteiger partial charge in [0.1, 0.15) is 12.4 Å². The van der Waals surface area contributed by atoms with Gasteiger partial charge in [-0.25, -0.2) is 9.59 Å². The molecule has 2 heterocycles. The van der Waals surface area contributed by atoms with E-state index in [1.54, 1.807) is 29.2 Å². The van der Waals surface area contributed by atoms with Gasteiger partial charge in [0.2, 0.25) is 0 Å². The zero-order chi connectivity index (χ0) is 22.0. The summed E-state index contributed by atoms with van der Waals surface area (Å²) >= 11 is 0. The molecule has 0 fully saturated rings. The number of rotatable bonds is 4. The van der Waals surface area contributed by atoms with Crippen molar-refractivity contribution in [3.63, 3.8) is 0 Å². The lowest BCUT2D eigenvalue weighted by Crippen LogP contribution is -2.40. The van der Waals surface area contributed by atoms with E-state index in [9.17, 15) is 14.4 Å². The van der Waals surface area contributed by atoms with E-state index in [0.717, 1.165) is 17.7 Å². The van der Waals surface area contributed by atoms with E-state index >= 15 is 0 Å². The van der Waals surface area contributed by atoms with Crippen molar-refractivity contribution in [2.45, 2.75) is 6.42 Å². The lowest BCUT2D eigenvalue weighted by molar-refractivity contribution is -0.140. The maximum absolute atomic E-state index is 13.5. The largest absolute Gasteiger partial charge is 0.466 e. The third kappa shape index (κ3) is 3.66. The maximum atomic E-state index is 13.5. The molecule has 0 radical (unpaired) electrons. The Morgan fingerprint density at radius 2 is 1.58 bits per heavy atom. The maximum Gasteiger partial charge on any atom is 0.355 e. The Balaban J connectivity index is 1.78. The van der Waals surface area contributed by atoms with E-state index in [0.29, 0.717) is 17.8 Å². The molecule has 0 spiro atoms. The minimum atomic E-state index is -0.711. The number of hydrogen-bond acceptors (Lipinski definition) is 7. The Hall–Kier alpha value is -3.65. The molecule has 0 atom stereocenters. The molecule has 2 aliphatic rings. The summed E-state index contributed by atoms with van der Waals surface area (Å²) in [4.78, 5) is 41.6. The Kier molecular flexibility index (Phi) is 5.73. The number of esters is 2. The topological polar surface area (TPSA) is 85.4 Å². The van der Waals surface area contributed by atoms with Crippen LogP contribution in [0.1, 0.15) is 15.9 Å². The molecule has 0 unspecified atom stereocenters. The number of carbonyl (C=O) groups excluding carboxylic acids is 3.